The van der Waals surface area contributed by atoms with Gasteiger partial charge in [0.05, 0.1) is 5.69 Å². The smallest absolute Gasteiger partial charge is 0.0547 e. The second kappa shape index (κ2) is 7.75. The summed E-state index contributed by atoms with van der Waals surface area (Å²) < 4.78 is 0. The minimum atomic E-state index is 0.319. The van der Waals surface area contributed by atoms with Crippen molar-refractivity contribution in [3.63, 3.8) is 0 Å². The molecule has 0 saturated heterocycles. The average Bonchev–Trinajstić information content (AvgIpc) is 2.47. The molecule has 20 heavy (non-hydrogen) atoms. The molecule has 0 aliphatic heterocycles. The number of hydrogen-bond acceptors (Lipinski definition) is 3. The Hall–Kier alpha value is -0.930. The number of rotatable bonds is 6. The van der Waals surface area contributed by atoms with Gasteiger partial charge in [0.15, 0.2) is 0 Å². The van der Waals surface area contributed by atoms with Crippen LogP contribution in [0.2, 0.25) is 0 Å². The maximum atomic E-state index is 6.45. The Labute approximate surface area is 123 Å². The van der Waals surface area contributed by atoms with Crippen molar-refractivity contribution in [2.75, 3.05) is 13.1 Å². The van der Waals surface area contributed by atoms with Gasteiger partial charge in [-0.05, 0) is 44.4 Å². The van der Waals surface area contributed by atoms with Crippen LogP contribution in [0.4, 0.5) is 0 Å². The Morgan fingerprint density at radius 2 is 2.05 bits per heavy atom. The summed E-state index contributed by atoms with van der Waals surface area (Å²) in [6.07, 6.45) is 6.77. The highest BCUT2D eigenvalue weighted by atomic mass is 15.1. The minimum Gasteiger partial charge on any atom is -0.326 e. The predicted octanol–water partition coefficient (Wildman–Crippen LogP) is 3.12. The largest absolute Gasteiger partial charge is 0.326 e. The Bertz CT molecular complexity index is 399. The van der Waals surface area contributed by atoms with Crippen LogP contribution < -0.4 is 5.73 Å². The number of nitrogens with zero attached hydrogens (tertiary/aromatic N) is 2. The van der Waals surface area contributed by atoms with E-state index in [0.29, 0.717) is 6.04 Å². The SMILES string of the molecule is CCN(Cc1cccc(C)n1)CC(N)C1CCCCC1. The van der Waals surface area contributed by atoms with E-state index in [4.69, 9.17) is 5.73 Å². The molecule has 1 heterocycles. The zero-order valence-electron chi connectivity index (χ0n) is 13.0. The third-order valence-electron chi connectivity index (χ3n) is 4.50. The van der Waals surface area contributed by atoms with Gasteiger partial charge < -0.3 is 5.73 Å². The molecule has 1 aliphatic carbocycles. The fourth-order valence-corrected chi connectivity index (χ4v) is 3.23. The molecule has 0 bridgehead atoms. The van der Waals surface area contributed by atoms with Crippen LogP contribution >= 0.6 is 0 Å². The first kappa shape index (κ1) is 15.5. The van der Waals surface area contributed by atoms with Gasteiger partial charge in [-0.25, -0.2) is 0 Å². The lowest BCUT2D eigenvalue weighted by atomic mass is 9.84. The molecule has 1 aromatic heterocycles. The van der Waals surface area contributed by atoms with Gasteiger partial charge in [0.25, 0.3) is 0 Å². The van der Waals surface area contributed by atoms with E-state index < -0.39 is 0 Å². The third kappa shape index (κ3) is 4.57. The summed E-state index contributed by atoms with van der Waals surface area (Å²) in [5.74, 6) is 0.725. The van der Waals surface area contributed by atoms with Crippen LogP contribution in [0.5, 0.6) is 0 Å². The van der Waals surface area contributed by atoms with Crippen molar-refractivity contribution in [2.45, 2.75) is 58.5 Å². The predicted molar refractivity (Wildman–Crippen MR) is 84.5 cm³/mol. The van der Waals surface area contributed by atoms with Crippen LogP contribution in [0, 0.1) is 12.8 Å². The topological polar surface area (TPSA) is 42.2 Å². The van der Waals surface area contributed by atoms with Gasteiger partial charge in [-0.15, -0.1) is 0 Å². The maximum absolute atomic E-state index is 6.45. The van der Waals surface area contributed by atoms with E-state index >= 15 is 0 Å². The monoisotopic (exact) mass is 275 g/mol. The molecular formula is C17H29N3. The quantitative estimate of drug-likeness (QED) is 0.867. The summed E-state index contributed by atoms with van der Waals surface area (Å²) in [6.45, 7) is 7.21. The number of likely N-dealkylation sites (N-methyl/N-ethyl adjacent to an activating group) is 1. The first-order valence-electron chi connectivity index (χ1n) is 8.09. The van der Waals surface area contributed by atoms with E-state index in [0.717, 1.165) is 36.9 Å². The lowest BCUT2D eigenvalue weighted by Crippen LogP contribution is -2.42. The van der Waals surface area contributed by atoms with E-state index in [1.165, 1.54) is 32.1 Å². The van der Waals surface area contributed by atoms with Gasteiger partial charge in [0.2, 0.25) is 0 Å². The highest BCUT2D eigenvalue weighted by Gasteiger charge is 2.22. The molecule has 0 spiro atoms. The highest BCUT2D eigenvalue weighted by molar-refractivity contribution is 5.09. The van der Waals surface area contributed by atoms with Crippen LogP contribution in [-0.4, -0.2) is 29.0 Å². The van der Waals surface area contributed by atoms with Crippen LogP contribution in [0.3, 0.4) is 0 Å². The fourth-order valence-electron chi connectivity index (χ4n) is 3.23. The standard InChI is InChI=1S/C17H29N3/c1-3-20(12-16-11-7-8-14(2)19-16)13-17(18)15-9-5-4-6-10-15/h7-8,11,15,17H,3-6,9-10,12-13,18H2,1-2H3. The van der Waals surface area contributed by atoms with Gasteiger partial charge in [-0.1, -0.05) is 32.3 Å². The van der Waals surface area contributed by atoms with E-state index in [9.17, 15) is 0 Å². The summed E-state index contributed by atoms with van der Waals surface area (Å²) in [5, 5.41) is 0. The minimum absolute atomic E-state index is 0.319. The van der Waals surface area contributed by atoms with Gasteiger partial charge in [-0.3, -0.25) is 9.88 Å². The number of hydrogen-bond donors (Lipinski definition) is 1. The molecular weight excluding hydrogens is 246 g/mol. The number of aromatic nitrogens is 1. The van der Waals surface area contributed by atoms with Crippen molar-refractivity contribution in [1.29, 1.82) is 0 Å². The summed E-state index contributed by atoms with van der Waals surface area (Å²) in [5.41, 5.74) is 8.69. The molecule has 3 nitrogen and oxygen atoms in total. The van der Waals surface area contributed by atoms with Crippen molar-refractivity contribution < 1.29 is 0 Å². The lowest BCUT2D eigenvalue weighted by Gasteiger charge is -2.31. The average molecular weight is 275 g/mol. The van der Waals surface area contributed by atoms with Crippen LogP contribution in [0.1, 0.15) is 50.4 Å². The molecule has 112 valence electrons. The summed E-state index contributed by atoms with van der Waals surface area (Å²) in [4.78, 5) is 7.03. The Kier molecular flexibility index (Phi) is 5.99. The Morgan fingerprint density at radius 1 is 1.30 bits per heavy atom. The Morgan fingerprint density at radius 3 is 2.70 bits per heavy atom. The van der Waals surface area contributed by atoms with Gasteiger partial charge >= 0.3 is 0 Å². The third-order valence-corrected chi connectivity index (χ3v) is 4.50. The molecule has 0 radical (unpaired) electrons. The van der Waals surface area contributed by atoms with Crippen molar-refractivity contribution in [3.05, 3.63) is 29.6 Å². The molecule has 0 amide bonds. The van der Waals surface area contributed by atoms with Crippen molar-refractivity contribution in [1.82, 2.24) is 9.88 Å². The van der Waals surface area contributed by atoms with Crippen LogP contribution in [0.15, 0.2) is 18.2 Å². The summed E-state index contributed by atoms with van der Waals surface area (Å²) in [6, 6.07) is 6.57. The summed E-state index contributed by atoms with van der Waals surface area (Å²) in [7, 11) is 0. The second-order valence-corrected chi connectivity index (χ2v) is 6.16. The van der Waals surface area contributed by atoms with Gasteiger partial charge in [-0.2, -0.15) is 0 Å². The highest BCUT2D eigenvalue weighted by Crippen LogP contribution is 2.26. The molecule has 1 atom stereocenters. The fraction of sp³-hybridized carbons (Fsp3) is 0.706. The van der Waals surface area contributed by atoms with Crippen molar-refractivity contribution >= 4 is 0 Å². The van der Waals surface area contributed by atoms with E-state index in [1.807, 2.05) is 13.0 Å². The number of nitrogens with two attached hydrogens (primary N) is 1. The normalized spacial score (nSPS) is 18.4. The van der Waals surface area contributed by atoms with Crippen LogP contribution in [0.25, 0.3) is 0 Å². The van der Waals surface area contributed by atoms with Gasteiger partial charge in [0.1, 0.15) is 0 Å². The van der Waals surface area contributed by atoms with Crippen molar-refractivity contribution in [2.24, 2.45) is 11.7 Å². The zero-order chi connectivity index (χ0) is 14.4. The molecule has 2 N–H and O–H groups in total. The number of aryl methyl sites for hydroxylation is 1. The zero-order valence-corrected chi connectivity index (χ0v) is 13.0. The van der Waals surface area contributed by atoms with Crippen molar-refractivity contribution in [3.8, 4) is 0 Å². The number of pyridine rings is 1. The first-order chi connectivity index (χ1) is 9.69. The molecule has 0 aromatic carbocycles. The molecule has 2 rings (SSSR count). The van der Waals surface area contributed by atoms with E-state index in [-0.39, 0.29) is 0 Å². The van der Waals surface area contributed by atoms with Crippen LogP contribution in [-0.2, 0) is 6.54 Å². The summed E-state index contributed by atoms with van der Waals surface area (Å²) >= 11 is 0. The molecule has 1 saturated carbocycles. The van der Waals surface area contributed by atoms with Gasteiger partial charge in [0, 0.05) is 24.8 Å². The second-order valence-electron chi connectivity index (χ2n) is 6.16. The van der Waals surface area contributed by atoms with E-state index in [1.54, 1.807) is 0 Å². The maximum Gasteiger partial charge on any atom is 0.0547 e. The molecule has 1 aromatic rings. The Balaban J connectivity index is 1.87. The molecule has 1 fully saturated rings. The van der Waals surface area contributed by atoms with E-state index in [2.05, 4.69) is 28.9 Å². The molecule has 3 heteroatoms. The molecule has 1 aliphatic rings. The molecule has 1 unspecified atom stereocenters. The first-order valence-corrected chi connectivity index (χ1v) is 8.09. The lowest BCUT2D eigenvalue weighted by molar-refractivity contribution is 0.206.